The van der Waals surface area contributed by atoms with E-state index in [0.29, 0.717) is 5.92 Å². The Bertz CT molecular complexity index is 561. The highest BCUT2D eigenvalue weighted by atomic mass is 32.2. The SMILES string of the molecule is CCCCCSC[C@@H]1CCc2cc([C@H]3CC[C@](N)(CO)C3)ccc2C1. The first kappa shape index (κ1) is 19.3. The molecule has 3 rings (SSSR count). The van der Waals surface area contributed by atoms with Gasteiger partial charge in [-0.15, -0.1) is 0 Å². The molecule has 0 bridgehead atoms. The van der Waals surface area contributed by atoms with Crippen molar-refractivity contribution in [3.63, 3.8) is 0 Å². The van der Waals surface area contributed by atoms with Crippen LogP contribution in [-0.2, 0) is 12.8 Å². The van der Waals surface area contributed by atoms with Crippen LogP contribution < -0.4 is 5.73 Å². The number of fused-ring (bicyclic) bond motifs is 1. The van der Waals surface area contributed by atoms with Crippen molar-refractivity contribution >= 4 is 11.8 Å². The molecular weight excluding hydrogens is 326 g/mol. The molecular formula is C22H35NOS. The van der Waals surface area contributed by atoms with Crippen LogP contribution in [0.2, 0.25) is 0 Å². The van der Waals surface area contributed by atoms with Crippen molar-refractivity contribution < 1.29 is 5.11 Å². The van der Waals surface area contributed by atoms with E-state index in [4.69, 9.17) is 5.73 Å². The average Bonchev–Trinajstić information content (AvgIpc) is 3.04. The molecule has 140 valence electrons. The summed E-state index contributed by atoms with van der Waals surface area (Å²) < 4.78 is 0. The van der Waals surface area contributed by atoms with Gasteiger partial charge in [-0.25, -0.2) is 0 Å². The zero-order valence-electron chi connectivity index (χ0n) is 15.8. The van der Waals surface area contributed by atoms with Crippen LogP contribution in [0.15, 0.2) is 18.2 Å². The van der Waals surface area contributed by atoms with Crippen LogP contribution in [0, 0.1) is 5.92 Å². The number of nitrogens with two attached hydrogens (primary N) is 1. The number of aryl methyl sites for hydroxylation is 1. The van der Waals surface area contributed by atoms with Crippen LogP contribution in [0.4, 0.5) is 0 Å². The highest BCUT2D eigenvalue weighted by Crippen LogP contribution is 2.40. The van der Waals surface area contributed by atoms with Gasteiger partial charge in [0.1, 0.15) is 0 Å². The first-order valence-electron chi connectivity index (χ1n) is 10.2. The van der Waals surface area contributed by atoms with E-state index in [-0.39, 0.29) is 12.1 Å². The Morgan fingerprint density at radius 1 is 1.24 bits per heavy atom. The maximum Gasteiger partial charge on any atom is 0.0611 e. The largest absolute Gasteiger partial charge is 0.394 e. The Morgan fingerprint density at radius 3 is 2.88 bits per heavy atom. The molecule has 0 heterocycles. The minimum absolute atomic E-state index is 0.117. The van der Waals surface area contributed by atoms with Crippen LogP contribution in [0.5, 0.6) is 0 Å². The molecule has 0 amide bonds. The lowest BCUT2D eigenvalue weighted by atomic mass is 9.82. The Balaban J connectivity index is 1.53. The third-order valence-electron chi connectivity index (χ3n) is 6.24. The Labute approximate surface area is 158 Å². The molecule has 0 aromatic heterocycles. The van der Waals surface area contributed by atoms with Crippen LogP contribution in [0.3, 0.4) is 0 Å². The summed E-state index contributed by atoms with van der Waals surface area (Å²) in [4.78, 5) is 0. The second kappa shape index (κ2) is 8.92. The Kier molecular flexibility index (Phi) is 6.87. The molecule has 0 aliphatic heterocycles. The second-order valence-corrected chi connectivity index (χ2v) is 9.53. The monoisotopic (exact) mass is 361 g/mol. The van der Waals surface area contributed by atoms with Gasteiger partial charge in [-0.3, -0.25) is 0 Å². The minimum Gasteiger partial charge on any atom is -0.394 e. The maximum absolute atomic E-state index is 9.50. The predicted molar refractivity (Wildman–Crippen MR) is 109 cm³/mol. The van der Waals surface area contributed by atoms with Crippen molar-refractivity contribution in [3.05, 3.63) is 34.9 Å². The summed E-state index contributed by atoms with van der Waals surface area (Å²) in [6.45, 7) is 2.39. The van der Waals surface area contributed by atoms with Crippen molar-refractivity contribution in [2.24, 2.45) is 11.7 Å². The highest BCUT2D eigenvalue weighted by Gasteiger charge is 2.36. The molecule has 3 atom stereocenters. The molecule has 0 unspecified atom stereocenters. The van der Waals surface area contributed by atoms with Gasteiger partial charge in [-0.2, -0.15) is 11.8 Å². The second-order valence-electron chi connectivity index (χ2n) is 8.38. The number of rotatable bonds is 8. The lowest BCUT2D eigenvalue weighted by molar-refractivity contribution is 0.198. The number of benzene rings is 1. The molecule has 1 aromatic rings. The fraction of sp³-hybridized carbons (Fsp3) is 0.727. The van der Waals surface area contributed by atoms with Crippen molar-refractivity contribution in [2.75, 3.05) is 18.1 Å². The molecule has 1 aromatic carbocycles. The number of hydrogen-bond donors (Lipinski definition) is 2. The van der Waals surface area contributed by atoms with Crippen LogP contribution in [0.25, 0.3) is 0 Å². The minimum atomic E-state index is -0.347. The number of thioether (sulfide) groups is 1. The Hall–Kier alpha value is -0.510. The molecule has 0 saturated heterocycles. The van der Waals surface area contributed by atoms with E-state index in [0.717, 1.165) is 25.2 Å². The molecule has 2 aliphatic carbocycles. The number of aliphatic hydroxyl groups is 1. The van der Waals surface area contributed by atoms with Gasteiger partial charge in [0.15, 0.2) is 0 Å². The van der Waals surface area contributed by atoms with Crippen LogP contribution >= 0.6 is 11.8 Å². The van der Waals surface area contributed by atoms with Crippen molar-refractivity contribution in [3.8, 4) is 0 Å². The molecule has 25 heavy (non-hydrogen) atoms. The molecule has 3 N–H and O–H groups in total. The lowest BCUT2D eigenvalue weighted by Gasteiger charge is -2.26. The molecule has 1 saturated carbocycles. The van der Waals surface area contributed by atoms with E-state index in [1.54, 1.807) is 11.1 Å². The van der Waals surface area contributed by atoms with E-state index in [2.05, 4.69) is 36.9 Å². The fourth-order valence-corrected chi connectivity index (χ4v) is 5.73. The highest BCUT2D eigenvalue weighted by molar-refractivity contribution is 7.99. The van der Waals surface area contributed by atoms with Gasteiger partial charge in [0, 0.05) is 5.54 Å². The van der Waals surface area contributed by atoms with Gasteiger partial charge in [-0.1, -0.05) is 38.0 Å². The molecule has 1 fully saturated rings. The lowest BCUT2D eigenvalue weighted by Crippen LogP contribution is -2.40. The Morgan fingerprint density at radius 2 is 2.12 bits per heavy atom. The number of hydrogen-bond acceptors (Lipinski definition) is 3. The van der Waals surface area contributed by atoms with Crippen molar-refractivity contribution in [2.45, 2.75) is 76.2 Å². The van der Waals surface area contributed by atoms with Crippen molar-refractivity contribution in [1.82, 2.24) is 0 Å². The topological polar surface area (TPSA) is 46.2 Å². The van der Waals surface area contributed by atoms with Gasteiger partial charge < -0.3 is 10.8 Å². The summed E-state index contributed by atoms with van der Waals surface area (Å²) in [5.41, 5.74) is 10.5. The van der Waals surface area contributed by atoms with E-state index in [9.17, 15) is 5.11 Å². The van der Waals surface area contributed by atoms with E-state index >= 15 is 0 Å². The zero-order chi connectivity index (χ0) is 17.7. The standard InChI is InChI=1S/C22H35NOS/c1-2-3-4-11-25-15-17-5-6-19-13-20(8-7-18(19)12-17)21-9-10-22(23,14-21)16-24/h7-8,13,17,21,24H,2-6,9-12,14-16,23H2,1H3/t17-,21+,22-/m1/s1. The smallest absolute Gasteiger partial charge is 0.0611 e. The number of aliphatic hydroxyl groups excluding tert-OH is 1. The zero-order valence-corrected chi connectivity index (χ0v) is 16.6. The summed E-state index contributed by atoms with van der Waals surface area (Å²) in [7, 11) is 0. The first-order chi connectivity index (χ1) is 12.1. The van der Waals surface area contributed by atoms with Gasteiger partial charge in [0.2, 0.25) is 0 Å². The quantitative estimate of drug-likeness (QED) is 0.661. The predicted octanol–water partition coefficient (Wildman–Crippen LogP) is 4.67. The summed E-state index contributed by atoms with van der Waals surface area (Å²) in [6, 6.07) is 7.17. The third-order valence-corrected chi connectivity index (χ3v) is 7.52. The van der Waals surface area contributed by atoms with Crippen molar-refractivity contribution in [1.29, 1.82) is 0 Å². The normalized spacial score (nSPS) is 28.9. The van der Waals surface area contributed by atoms with E-state index < -0.39 is 0 Å². The van der Waals surface area contributed by atoms with Gasteiger partial charge in [-0.05, 0) is 85.0 Å². The molecule has 2 nitrogen and oxygen atoms in total. The van der Waals surface area contributed by atoms with Crippen LogP contribution in [0.1, 0.15) is 74.5 Å². The average molecular weight is 362 g/mol. The molecule has 0 spiro atoms. The van der Waals surface area contributed by atoms with Crippen LogP contribution in [-0.4, -0.2) is 28.8 Å². The number of unbranched alkanes of at least 4 members (excludes halogenated alkanes) is 2. The van der Waals surface area contributed by atoms with Gasteiger partial charge in [0.05, 0.1) is 6.61 Å². The van der Waals surface area contributed by atoms with Gasteiger partial charge in [0.25, 0.3) is 0 Å². The molecule has 3 heteroatoms. The van der Waals surface area contributed by atoms with E-state index in [1.807, 2.05) is 0 Å². The summed E-state index contributed by atoms with van der Waals surface area (Å²) >= 11 is 2.16. The molecule has 2 aliphatic rings. The fourth-order valence-electron chi connectivity index (χ4n) is 4.54. The third kappa shape index (κ3) is 5.02. The van der Waals surface area contributed by atoms with E-state index in [1.165, 1.54) is 55.6 Å². The van der Waals surface area contributed by atoms with Gasteiger partial charge >= 0.3 is 0 Å². The summed E-state index contributed by atoms with van der Waals surface area (Å²) in [5, 5.41) is 9.50. The molecule has 0 radical (unpaired) electrons. The first-order valence-corrected chi connectivity index (χ1v) is 11.4. The summed E-state index contributed by atoms with van der Waals surface area (Å²) in [6.07, 6.45) is 10.9. The maximum atomic E-state index is 9.50. The summed E-state index contributed by atoms with van der Waals surface area (Å²) in [5.74, 6) is 4.07.